The van der Waals surface area contributed by atoms with Crippen LogP contribution in [0, 0.1) is 24.0 Å². The lowest BCUT2D eigenvalue weighted by molar-refractivity contribution is -0.383. The number of hydrogen-bond donors (Lipinski definition) is 2. The largest absolute Gasteiger partial charge is 0.488 e. The van der Waals surface area contributed by atoms with Gasteiger partial charge in [-0.2, -0.15) is 13.2 Å². The molecule has 1 aromatic heterocycles. The maximum Gasteiger partial charge on any atom is 0.488 e. The number of halogens is 3. The average Bonchev–Trinajstić information content (AvgIpc) is 2.94. The topological polar surface area (TPSA) is 101 Å². The molecule has 0 atom stereocenters. The van der Waals surface area contributed by atoms with Crippen LogP contribution in [-0.4, -0.2) is 31.6 Å². The molecule has 0 radical (unpaired) electrons. The average molecular weight is 393 g/mol. The summed E-state index contributed by atoms with van der Waals surface area (Å²) < 4.78 is 41.6. The fraction of sp³-hybridized carbons (Fsp3) is 0.235. The van der Waals surface area contributed by atoms with Crippen LogP contribution in [0.3, 0.4) is 0 Å². The molecular weight excluding hydrogens is 378 g/mol. The molecule has 2 N–H and O–H groups in total. The van der Waals surface area contributed by atoms with Crippen LogP contribution < -0.4 is 5.46 Å². The van der Waals surface area contributed by atoms with Gasteiger partial charge in [-0.3, -0.25) is 10.1 Å². The van der Waals surface area contributed by atoms with E-state index < -0.39 is 29.7 Å². The van der Waals surface area contributed by atoms with Crippen LogP contribution in [0.5, 0.6) is 0 Å². The molecule has 0 spiro atoms. The molecule has 0 aliphatic rings. The number of fused-ring (bicyclic) bond motifs is 1. The van der Waals surface area contributed by atoms with Crippen LogP contribution in [0.2, 0.25) is 0 Å². The van der Waals surface area contributed by atoms with Crippen molar-refractivity contribution in [1.29, 1.82) is 0 Å². The van der Waals surface area contributed by atoms with Gasteiger partial charge >= 0.3 is 13.3 Å². The molecular formula is C17H15BF3N3O4. The first kappa shape index (κ1) is 19.8. The minimum atomic E-state index is -4.81. The van der Waals surface area contributed by atoms with Gasteiger partial charge in [0.2, 0.25) is 5.82 Å². The number of benzene rings is 2. The number of nitrogens with zero attached hydrogens (tertiary/aromatic N) is 3. The van der Waals surface area contributed by atoms with Gasteiger partial charge in [0.05, 0.1) is 10.4 Å². The van der Waals surface area contributed by atoms with Crippen molar-refractivity contribution in [3.05, 3.63) is 63.0 Å². The van der Waals surface area contributed by atoms with Crippen LogP contribution >= 0.6 is 0 Å². The third-order valence-corrected chi connectivity index (χ3v) is 4.59. The van der Waals surface area contributed by atoms with E-state index >= 15 is 0 Å². The number of aromatic nitrogens is 2. The van der Waals surface area contributed by atoms with E-state index in [1.807, 2.05) is 0 Å². The van der Waals surface area contributed by atoms with Crippen molar-refractivity contribution in [2.24, 2.45) is 0 Å². The zero-order valence-corrected chi connectivity index (χ0v) is 14.9. The molecule has 3 aromatic rings. The number of alkyl halides is 3. The Morgan fingerprint density at radius 1 is 1.21 bits per heavy atom. The molecule has 0 aliphatic carbocycles. The van der Waals surface area contributed by atoms with Gasteiger partial charge < -0.3 is 14.6 Å². The first-order valence-electron chi connectivity index (χ1n) is 8.17. The number of imidazole rings is 1. The van der Waals surface area contributed by atoms with Crippen LogP contribution in [0.1, 0.15) is 22.5 Å². The van der Waals surface area contributed by atoms with E-state index in [2.05, 4.69) is 4.98 Å². The fourth-order valence-electron chi connectivity index (χ4n) is 3.04. The maximum atomic E-state index is 13.6. The van der Waals surface area contributed by atoms with Gasteiger partial charge in [-0.15, -0.1) is 0 Å². The lowest BCUT2D eigenvalue weighted by Gasteiger charge is -2.12. The number of hydrogen-bond acceptors (Lipinski definition) is 5. The summed E-state index contributed by atoms with van der Waals surface area (Å²) in [6.07, 6.45) is -4.81. The molecule has 0 fully saturated rings. The molecule has 0 bridgehead atoms. The number of rotatable bonds is 4. The minimum absolute atomic E-state index is 0.00777. The number of aryl methyl sites for hydroxylation is 1. The summed E-state index contributed by atoms with van der Waals surface area (Å²) in [6, 6.07) is 7.12. The summed E-state index contributed by atoms with van der Waals surface area (Å²) in [5.41, 5.74) is 0.617. The van der Waals surface area contributed by atoms with E-state index in [9.17, 15) is 23.3 Å². The quantitative estimate of drug-likeness (QED) is 0.403. The SMILES string of the molecule is Cc1cc2c(nc(C(F)(F)F)n2Cc2ccc(B(O)O)cc2)c([N+](=O)[O-])c1C. The van der Waals surface area contributed by atoms with Gasteiger partial charge in [-0.1, -0.05) is 24.3 Å². The van der Waals surface area contributed by atoms with Gasteiger partial charge in [0.15, 0.2) is 5.52 Å². The first-order chi connectivity index (χ1) is 13.0. The Morgan fingerprint density at radius 3 is 2.32 bits per heavy atom. The molecule has 1 heterocycles. The lowest BCUT2D eigenvalue weighted by atomic mass is 9.80. The Balaban J connectivity index is 2.23. The third-order valence-electron chi connectivity index (χ3n) is 4.59. The highest BCUT2D eigenvalue weighted by molar-refractivity contribution is 6.58. The highest BCUT2D eigenvalue weighted by Gasteiger charge is 2.39. The molecule has 7 nitrogen and oxygen atoms in total. The van der Waals surface area contributed by atoms with Gasteiger partial charge in [0.1, 0.15) is 0 Å². The predicted octanol–water partition coefficient (Wildman–Crippen LogP) is 2.31. The van der Waals surface area contributed by atoms with Gasteiger partial charge in [-0.05, 0) is 36.5 Å². The van der Waals surface area contributed by atoms with E-state index in [0.29, 0.717) is 11.1 Å². The molecule has 0 saturated carbocycles. The Morgan fingerprint density at radius 2 is 1.82 bits per heavy atom. The van der Waals surface area contributed by atoms with Crippen molar-refractivity contribution in [2.45, 2.75) is 26.6 Å². The monoisotopic (exact) mass is 393 g/mol. The Bertz CT molecular complexity index is 1060. The first-order valence-corrected chi connectivity index (χ1v) is 8.17. The molecule has 28 heavy (non-hydrogen) atoms. The number of nitro groups is 1. The Labute approximate surface area is 157 Å². The summed E-state index contributed by atoms with van der Waals surface area (Å²) in [4.78, 5) is 14.3. The summed E-state index contributed by atoms with van der Waals surface area (Å²) in [5, 5.41) is 29.7. The normalized spacial score (nSPS) is 11.8. The van der Waals surface area contributed by atoms with Crippen molar-refractivity contribution in [3.63, 3.8) is 0 Å². The molecule has 0 aliphatic heterocycles. The molecule has 3 rings (SSSR count). The van der Waals surface area contributed by atoms with Crippen molar-refractivity contribution < 1.29 is 28.1 Å². The molecule has 0 saturated heterocycles. The molecule has 2 aromatic carbocycles. The highest BCUT2D eigenvalue weighted by atomic mass is 19.4. The summed E-state index contributed by atoms with van der Waals surface area (Å²) >= 11 is 0. The van der Waals surface area contributed by atoms with E-state index in [0.717, 1.165) is 4.57 Å². The van der Waals surface area contributed by atoms with Crippen molar-refractivity contribution in [1.82, 2.24) is 9.55 Å². The second-order valence-electron chi connectivity index (χ2n) is 6.43. The zero-order chi connectivity index (χ0) is 20.8. The fourth-order valence-corrected chi connectivity index (χ4v) is 3.04. The van der Waals surface area contributed by atoms with Crippen molar-refractivity contribution in [3.8, 4) is 0 Å². The highest BCUT2D eigenvalue weighted by Crippen LogP contribution is 2.37. The van der Waals surface area contributed by atoms with Gasteiger partial charge in [-0.25, -0.2) is 4.98 Å². The third kappa shape index (κ3) is 3.46. The Hall–Kier alpha value is -2.92. The summed E-state index contributed by atoms with van der Waals surface area (Å²) in [6.45, 7) is 2.81. The van der Waals surface area contributed by atoms with E-state index in [-0.39, 0.29) is 28.6 Å². The Kier molecular flexibility index (Phi) is 4.90. The second kappa shape index (κ2) is 6.91. The van der Waals surface area contributed by atoms with Crippen LogP contribution in [0.15, 0.2) is 30.3 Å². The summed E-state index contributed by atoms with van der Waals surface area (Å²) in [7, 11) is -1.69. The molecule has 146 valence electrons. The minimum Gasteiger partial charge on any atom is -0.423 e. The lowest BCUT2D eigenvalue weighted by Crippen LogP contribution is -2.29. The molecule has 0 amide bonds. The van der Waals surface area contributed by atoms with Gasteiger partial charge in [0, 0.05) is 12.1 Å². The summed E-state index contributed by atoms with van der Waals surface area (Å²) in [5.74, 6) is -1.23. The van der Waals surface area contributed by atoms with E-state index in [1.165, 1.54) is 37.3 Å². The van der Waals surface area contributed by atoms with Crippen LogP contribution in [0.4, 0.5) is 18.9 Å². The second-order valence-corrected chi connectivity index (χ2v) is 6.43. The zero-order valence-electron chi connectivity index (χ0n) is 14.9. The predicted molar refractivity (Wildman–Crippen MR) is 96.2 cm³/mol. The van der Waals surface area contributed by atoms with Crippen molar-refractivity contribution in [2.75, 3.05) is 0 Å². The maximum absolute atomic E-state index is 13.6. The van der Waals surface area contributed by atoms with E-state index in [4.69, 9.17) is 10.0 Å². The van der Waals surface area contributed by atoms with Crippen molar-refractivity contribution >= 4 is 29.3 Å². The standard InChI is InChI=1S/C17H15BF3N3O4/c1-9-7-13-14(15(10(9)2)24(27)28)22-16(17(19,20)21)23(13)8-11-3-5-12(6-4-11)18(25)26/h3-7,25-26H,8H2,1-2H3. The van der Waals surface area contributed by atoms with Crippen LogP contribution in [0.25, 0.3) is 11.0 Å². The smallest absolute Gasteiger partial charge is 0.423 e. The van der Waals surface area contributed by atoms with Gasteiger partial charge in [0.25, 0.3) is 5.69 Å². The number of nitro benzene ring substituents is 1. The molecule has 0 unspecified atom stereocenters. The molecule has 11 heteroatoms. The van der Waals surface area contributed by atoms with Crippen LogP contribution in [-0.2, 0) is 12.7 Å². The van der Waals surface area contributed by atoms with E-state index in [1.54, 1.807) is 6.92 Å².